The number of amides is 1. The maximum atomic E-state index is 12.5. The van der Waals surface area contributed by atoms with Crippen molar-refractivity contribution in [3.8, 4) is 0 Å². The van der Waals surface area contributed by atoms with Gasteiger partial charge in [0, 0.05) is 18.7 Å². The van der Waals surface area contributed by atoms with Crippen molar-refractivity contribution in [1.29, 1.82) is 0 Å². The van der Waals surface area contributed by atoms with Crippen LogP contribution in [0.2, 0.25) is 0 Å². The van der Waals surface area contributed by atoms with Crippen LogP contribution in [0.5, 0.6) is 0 Å². The van der Waals surface area contributed by atoms with E-state index in [1.54, 1.807) is 0 Å². The minimum atomic E-state index is -3.86. The number of hydrogen-bond donors (Lipinski definition) is 1. The predicted molar refractivity (Wildman–Crippen MR) is 88.3 cm³/mol. The van der Waals surface area contributed by atoms with Crippen molar-refractivity contribution in [1.82, 2.24) is 4.98 Å². The van der Waals surface area contributed by atoms with E-state index in [0.29, 0.717) is 13.0 Å². The van der Waals surface area contributed by atoms with Crippen LogP contribution in [0, 0.1) is 10.1 Å². The Morgan fingerprint density at radius 1 is 1.36 bits per heavy atom. The number of thiazole rings is 1. The van der Waals surface area contributed by atoms with Crippen molar-refractivity contribution in [2.75, 3.05) is 11.9 Å². The first-order chi connectivity index (χ1) is 11.9. The Hall–Kier alpha value is -2.37. The van der Waals surface area contributed by atoms with Gasteiger partial charge in [-0.1, -0.05) is 11.3 Å². The molecule has 1 saturated heterocycles. The summed E-state index contributed by atoms with van der Waals surface area (Å²) in [6.45, 7) is 0.524. The molecular weight excluding hydrogens is 370 g/mol. The van der Waals surface area contributed by atoms with Crippen LogP contribution >= 0.6 is 11.3 Å². The Morgan fingerprint density at radius 2 is 2.08 bits per heavy atom. The van der Waals surface area contributed by atoms with Crippen LogP contribution in [-0.2, 0) is 19.4 Å². The number of ether oxygens (including phenoxy) is 1. The normalized spacial score (nSPS) is 17.4. The molecule has 1 atom stereocenters. The van der Waals surface area contributed by atoms with Gasteiger partial charge in [0.15, 0.2) is 5.13 Å². The van der Waals surface area contributed by atoms with Gasteiger partial charge in [-0.05, 0) is 25.0 Å². The molecule has 0 aliphatic carbocycles. The highest BCUT2D eigenvalue weighted by atomic mass is 32.2. The Labute approximate surface area is 146 Å². The number of nitrogens with zero attached hydrogens (tertiary/aromatic N) is 2. The van der Waals surface area contributed by atoms with Crippen LogP contribution in [0.15, 0.2) is 39.6 Å². The molecule has 1 N–H and O–H groups in total. The monoisotopic (exact) mass is 383 g/mol. The molecule has 132 valence electrons. The van der Waals surface area contributed by atoms with E-state index in [1.165, 1.54) is 0 Å². The lowest BCUT2D eigenvalue weighted by Gasteiger charge is -2.07. The summed E-state index contributed by atoms with van der Waals surface area (Å²) in [6.07, 6.45) is 2.02. The van der Waals surface area contributed by atoms with Gasteiger partial charge in [-0.3, -0.25) is 20.2 Å². The summed E-state index contributed by atoms with van der Waals surface area (Å²) in [4.78, 5) is 25.8. The van der Waals surface area contributed by atoms with Crippen molar-refractivity contribution in [2.45, 2.75) is 28.1 Å². The third-order valence-electron chi connectivity index (χ3n) is 3.56. The Bertz CT molecular complexity index is 901. The van der Waals surface area contributed by atoms with Crippen molar-refractivity contribution >= 4 is 37.9 Å². The number of nitro groups is 1. The molecule has 2 heterocycles. The molecule has 1 aromatic heterocycles. The first-order valence-electron chi connectivity index (χ1n) is 7.26. The fraction of sp³-hybridized carbons (Fsp3) is 0.286. The summed E-state index contributed by atoms with van der Waals surface area (Å²) in [5, 5.41) is 13.3. The molecule has 1 amide bonds. The Kier molecular flexibility index (Phi) is 4.79. The van der Waals surface area contributed by atoms with E-state index < -0.39 is 20.9 Å². The number of aromatic nitrogens is 1. The number of non-ortho nitro benzene ring substituents is 1. The second-order valence-electron chi connectivity index (χ2n) is 5.23. The van der Waals surface area contributed by atoms with E-state index in [1.807, 2.05) is 0 Å². The molecule has 0 radical (unpaired) electrons. The maximum Gasteiger partial charge on any atom is 0.269 e. The number of hydrogen-bond acceptors (Lipinski definition) is 8. The minimum Gasteiger partial charge on any atom is -0.368 e. The molecule has 1 aromatic carbocycles. The number of anilines is 1. The summed E-state index contributed by atoms with van der Waals surface area (Å²) in [7, 11) is -3.86. The van der Waals surface area contributed by atoms with Gasteiger partial charge in [-0.15, -0.1) is 0 Å². The first kappa shape index (κ1) is 17.5. The fourth-order valence-corrected chi connectivity index (χ4v) is 4.71. The lowest BCUT2D eigenvalue weighted by atomic mass is 10.2. The maximum absolute atomic E-state index is 12.5. The molecular formula is C14H13N3O6S2. The van der Waals surface area contributed by atoms with Gasteiger partial charge in [-0.2, -0.15) is 0 Å². The third kappa shape index (κ3) is 3.67. The fourth-order valence-electron chi connectivity index (χ4n) is 2.27. The second-order valence-corrected chi connectivity index (χ2v) is 8.44. The molecule has 0 bridgehead atoms. The lowest BCUT2D eigenvalue weighted by Crippen LogP contribution is -2.26. The number of nitro benzene ring substituents is 1. The quantitative estimate of drug-likeness (QED) is 0.617. The number of carbonyl (C=O) groups excluding carboxylic acids is 1. The molecule has 0 saturated carbocycles. The largest absolute Gasteiger partial charge is 0.368 e. The minimum absolute atomic E-state index is 0.0657. The summed E-state index contributed by atoms with van der Waals surface area (Å²) in [5.41, 5.74) is -0.201. The first-order valence-corrected chi connectivity index (χ1v) is 9.56. The molecule has 0 unspecified atom stereocenters. The molecule has 0 spiro atoms. The number of sulfone groups is 1. The summed E-state index contributed by atoms with van der Waals surface area (Å²) >= 11 is 0.812. The van der Waals surface area contributed by atoms with E-state index in [2.05, 4.69) is 10.3 Å². The zero-order chi connectivity index (χ0) is 18.0. The van der Waals surface area contributed by atoms with E-state index in [0.717, 1.165) is 48.2 Å². The topological polar surface area (TPSA) is 128 Å². The molecule has 2 aromatic rings. The number of rotatable bonds is 5. The third-order valence-corrected chi connectivity index (χ3v) is 6.70. The van der Waals surface area contributed by atoms with Gasteiger partial charge in [0.1, 0.15) is 10.3 Å². The van der Waals surface area contributed by atoms with Gasteiger partial charge in [0.05, 0.1) is 16.0 Å². The van der Waals surface area contributed by atoms with Crippen LogP contribution in [0.25, 0.3) is 0 Å². The van der Waals surface area contributed by atoms with Gasteiger partial charge >= 0.3 is 0 Å². The summed E-state index contributed by atoms with van der Waals surface area (Å²) in [5.74, 6) is -0.355. The van der Waals surface area contributed by atoms with Crippen molar-refractivity contribution in [3.63, 3.8) is 0 Å². The number of nitrogens with one attached hydrogen (secondary N) is 1. The Morgan fingerprint density at radius 3 is 2.68 bits per heavy atom. The SMILES string of the molecule is O=C(Nc1ncc(S(=O)(=O)c2ccc([N+](=O)[O-])cc2)s1)[C@H]1CCCO1. The molecule has 11 heteroatoms. The number of benzene rings is 1. The standard InChI is InChI=1S/C14H13N3O6S2/c18-13(11-2-1-7-23-11)16-14-15-8-12(24-14)25(21,22)10-5-3-9(4-6-10)17(19)20/h3-6,8,11H,1-2,7H2,(H,15,16,18)/t11-/m1/s1. The van der Waals surface area contributed by atoms with Crippen LogP contribution in [0.3, 0.4) is 0 Å². The predicted octanol–water partition coefficient (Wildman–Crippen LogP) is 2.00. The van der Waals surface area contributed by atoms with Crippen molar-refractivity contribution in [2.24, 2.45) is 0 Å². The van der Waals surface area contributed by atoms with Crippen molar-refractivity contribution in [3.05, 3.63) is 40.6 Å². The van der Waals surface area contributed by atoms with Crippen LogP contribution in [-0.4, -0.2) is 36.9 Å². The van der Waals surface area contributed by atoms with Crippen molar-refractivity contribution < 1.29 is 22.9 Å². The molecule has 3 rings (SSSR count). The highest BCUT2D eigenvalue weighted by Crippen LogP contribution is 2.29. The number of carbonyl (C=O) groups is 1. The van der Waals surface area contributed by atoms with Crippen LogP contribution < -0.4 is 5.32 Å². The summed E-state index contributed by atoms with van der Waals surface area (Å²) < 4.78 is 30.3. The van der Waals surface area contributed by atoms with E-state index in [9.17, 15) is 23.3 Å². The smallest absolute Gasteiger partial charge is 0.269 e. The average Bonchev–Trinajstić information content (AvgIpc) is 3.26. The summed E-state index contributed by atoms with van der Waals surface area (Å²) in [6, 6.07) is 4.57. The zero-order valence-corrected chi connectivity index (χ0v) is 14.4. The Balaban J connectivity index is 1.78. The molecule has 1 fully saturated rings. The molecule has 1 aliphatic rings. The van der Waals surface area contributed by atoms with Gasteiger partial charge < -0.3 is 4.74 Å². The zero-order valence-electron chi connectivity index (χ0n) is 12.7. The van der Waals surface area contributed by atoms with Crippen LogP contribution in [0.1, 0.15) is 12.8 Å². The highest BCUT2D eigenvalue weighted by Gasteiger charge is 2.26. The lowest BCUT2D eigenvalue weighted by molar-refractivity contribution is -0.384. The van der Waals surface area contributed by atoms with E-state index in [4.69, 9.17) is 4.74 Å². The van der Waals surface area contributed by atoms with Gasteiger partial charge in [0.25, 0.3) is 11.6 Å². The van der Waals surface area contributed by atoms with Gasteiger partial charge in [-0.25, -0.2) is 13.4 Å². The molecule has 25 heavy (non-hydrogen) atoms. The average molecular weight is 383 g/mol. The second kappa shape index (κ2) is 6.86. The molecule has 1 aliphatic heterocycles. The highest BCUT2D eigenvalue weighted by molar-refractivity contribution is 7.93. The van der Waals surface area contributed by atoms with Gasteiger partial charge in [0.2, 0.25) is 9.84 Å². The van der Waals surface area contributed by atoms with E-state index >= 15 is 0 Å². The molecule has 9 nitrogen and oxygen atoms in total. The van der Waals surface area contributed by atoms with Crippen LogP contribution in [0.4, 0.5) is 10.8 Å². The van der Waals surface area contributed by atoms with E-state index in [-0.39, 0.29) is 25.8 Å².